The van der Waals surface area contributed by atoms with Gasteiger partial charge >= 0.3 is 0 Å². The zero-order valence-electron chi connectivity index (χ0n) is 17.3. The topological polar surface area (TPSA) is 50.7 Å². The molecule has 0 saturated carbocycles. The summed E-state index contributed by atoms with van der Waals surface area (Å²) in [5, 5.41) is 3.35. The van der Waals surface area contributed by atoms with Crippen LogP contribution in [0.1, 0.15) is 23.6 Å². The molecular formula is C25H20BrFN2O2S. The van der Waals surface area contributed by atoms with E-state index in [4.69, 9.17) is 4.74 Å². The van der Waals surface area contributed by atoms with Crippen molar-refractivity contribution in [3.05, 3.63) is 98.6 Å². The van der Waals surface area contributed by atoms with Crippen LogP contribution in [0.3, 0.4) is 0 Å². The number of nitrogens with zero attached hydrogens (tertiary/aromatic N) is 1. The van der Waals surface area contributed by atoms with Gasteiger partial charge < -0.3 is 10.1 Å². The third-order valence-corrected chi connectivity index (χ3v) is 6.20. The summed E-state index contributed by atoms with van der Waals surface area (Å²) >= 11 is 4.76. The van der Waals surface area contributed by atoms with Crippen LogP contribution in [0.4, 0.5) is 10.1 Å². The van der Waals surface area contributed by atoms with E-state index in [1.54, 1.807) is 18.2 Å². The number of benzene rings is 3. The summed E-state index contributed by atoms with van der Waals surface area (Å²) in [6.45, 7) is 2.39. The van der Waals surface area contributed by atoms with E-state index in [2.05, 4.69) is 33.2 Å². The molecule has 1 N–H and O–H groups in total. The fourth-order valence-electron chi connectivity index (χ4n) is 3.05. The number of aliphatic imine (C=N–C) groups is 1. The number of halogens is 2. The maximum atomic E-state index is 13.1. The first-order chi connectivity index (χ1) is 15.5. The number of thioether (sulfide) groups is 1. The zero-order valence-corrected chi connectivity index (χ0v) is 19.7. The van der Waals surface area contributed by atoms with E-state index in [1.165, 1.54) is 29.5 Å². The van der Waals surface area contributed by atoms with Gasteiger partial charge in [-0.3, -0.25) is 4.79 Å². The van der Waals surface area contributed by atoms with Crippen molar-refractivity contribution in [3.8, 4) is 5.75 Å². The molecule has 0 aliphatic carbocycles. The smallest absolute Gasteiger partial charge is 0.264 e. The maximum absolute atomic E-state index is 13.1. The molecule has 4 nitrogen and oxygen atoms in total. The average molecular weight is 511 g/mol. The number of aryl methyl sites for hydroxylation is 1. The first kappa shape index (κ1) is 22.3. The summed E-state index contributed by atoms with van der Waals surface area (Å²) < 4.78 is 19.9. The van der Waals surface area contributed by atoms with Crippen LogP contribution < -0.4 is 10.1 Å². The summed E-state index contributed by atoms with van der Waals surface area (Å²) in [6.07, 6.45) is 2.75. The molecule has 1 fully saturated rings. The molecule has 0 atom stereocenters. The van der Waals surface area contributed by atoms with Gasteiger partial charge in [-0.15, -0.1) is 0 Å². The van der Waals surface area contributed by atoms with Crippen LogP contribution in [0.25, 0.3) is 6.08 Å². The Bertz CT molecular complexity index is 1190. The number of ether oxygens (including phenoxy) is 1. The van der Waals surface area contributed by atoms with Crippen LogP contribution in [0.5, 0.6) is 5.75 Å². The first-order valence-corrected chi connectivity index (χ1v) is 11.7. The highest BCUT2D eigenvalue weighted by atomic mass is 79.9. The molecule has 7 heteroatoms. The van der Waals surface area contributed by atoms with Crippen LogP contribution in [-0.4, -0.2) is 11.1 Å². The Morgan fingerprint density at radius 3 is 2.50 bits per heavy atom. The molecule has 0 unspecified atom stereocenters. The normalized spacial score (nSPS) is 15.9. The Labute approximate surface area is 198 Å². The van der Waals surface area contributed by atoms with Gasteiger partial charge in [-0.2, -0.15) is 0 Å². The highest BCUT2D eigenvalue weighted by Crippen LogP contribution is 2.32. The first-order valence-electron chi connectivity index (χ1n) is 10.1. The Kier molecular flexibility index (Phi) is 7.07. The second kappa shape index (κ2) is 10.1. The van der Waals surface area contributed by atoms with E-state index in [1.807, 2.05) is 42.5 Å². The molecule has 3 aromatic rings. The van der Waals surface area contributed by atoms with Gasteiger partial charge in [0, 0.05) is 10.0 Å². The molecule has 162 valence electrons. The van der Waals surface area contributed by atoms with Gasteiger partial charge in [0.15, 0.2) is 5.17 Å². The molecule has 1 aliphatic heterocycles. The van der Waals surface area contributed by atoms with E-state index < -0.39 is 0 Å². The quantitative estimate of drug-likeness (QED) is 0.379. The lowest BCUT2D eigenvalue weighted by atomic mass is 10.1. The highest BCUT2D eigenvalue weighted by Gasteiger charge is 2.24. The number of amidine groups is 1. The summed E-state index contributed by atoms with van der Waals surface area (Å²) in [4.78, 5) is 17.6. The second-order valence-electron chi connectivity index (χ2n) is 7.10. The van der Waals surface area contributed by atoms with Gasteiger partial charge in [0.25, 0.3) is 5.91 Å². The van der Waals surface area contributed by atoms with Crippen molar-refractivity contribution in [2.75, 3.05) is 0 Å². The minimum Gasteiger partial charge on any atom is -0.488 e. The van der Waals surface area contributed by atoms with Crippen LogP contribution in [0, 0.1) is 5.82 Å². The number of nitrogens with one attached hydrogen (secondary N) is 1. The number of hydrogen-bond acceptors (Lipinski definition) is 4. The Morgan fingerprint density at radius 1 is 1.06 bits per heavy atom. The Morgan fingerprint density at radius 2 is 1.78 bits per heavy atom. The molecule has 0 radical (unpaired) electrons. The largest absolute Gasteiger partial charge is 0.488 e. The van der Waals surface area contributed by atoms with E-state index >= 15 is 0 Å². The fraction of sp³-hybridized carbons (Fsp3) is 0.120. The Balaban J connectivity index is 1.53. The minimum atomic E-state index is -0.286. The third-order valence-electron chi connectivity index (χ3n) is 4.79. The predicted octanol–water partition coefficient (Wildman–Crippen LogP) is 6.62. The van der Waals surface area contributed by atoms with E-state index in [0.29, 0.717) is 15.8 Å². The van der Waals surface area contributed by atoms with Crippen molar-refractivity contribution < 1.29 is 13.9 Å². The predicted molar refractivity (Wildman–Crippen MR) is 131 cm³/mol. The molecule has 0 bridgehead atoms. The minimum absolute atomic E-state index is 0.205. The molecule has 0 spiro atoms. The fourth-order valence-corrected chi connectivity index (χ4v) is 4.26. The highest BCUT2D eigenvalue weighted by molar-refractivity contribution is 9.10. The molecular weight excluding hydrogens is 491 g/mol. The SMILES string of the molecule is CCc1ccc(N=C2NC(=O)/C(=C/c3cc(Br)ccc3OCc3ccc(F)cc3)S2)cc1. The van der Waals surface area contributed by atoms with Crippen molar-refractivity contribution in [1.29, 1.82) is 0 Å². The Hall–Kier alpha value is -2.90. The maximum Gasteiger partial charge on any atom is 0.264 e. The molecule has 4 rings (SSSR count). The monoisotopic (exact) mass is 510 g/mol. The van der Waals surface area contributed by atoms with Crippen molar-refractivity contribution >= 4 is 50.5 Å². The van der Waals surface area contributed by atoms with Crippen molar-refractivity contribution in [2.45, 2.75) is 20.0 Å². The zero-order chi connectivity index (χ0) is 22.5. The van der Waals surface area contributed by atoms with Crippen LogP contribution in [-0.2, 0) is 17.8 Å². The van der Waals surface area contributed by atoms with E-state index in [9.17, 15) is 9.18 Å². The summed E-state index contributed by atoms with van der Waals surface area (Å²) in [7, 11) is 0. The summed E-state index contributed by atoms with van der Waals surface area (Å²) in [5.74, 6) is 0.133. The van der Waals surface area contributed by atoms with Gasteiger partial charge in [-0.05, 0) is 77.9 Å². The summed E-state index contributed by atoms with van der Waals surface area (Å²) in [6, 6.07) is 19.7. The molecule has 32 heavy (non-hydrogen) atoms. The molecule has 1 amide bonds. The lowest BCUT2D eigenvalue weighted by Crippen LogP contribution is -2.19. The van der Waals surface area contributed by atoms with Crippen molar-refractivity contribution in [3.63, 3.8) is 0 Å². The number of carbonyl (C=O) groups excluding carboxylic acids is 1. The second-order valence-corrected chi connectivity index (χ2v) is 9.05. The summed E-state index contributed by atoms with van der Waals surface area (Å²) in [5.41, 5.74) is 3.63. The number of carbonyl (C=O) groups is 1. The van der Waals surface area contributed by atoms with Gasteiger partial charge in [0.1, 0.15) is 18.2 Å². The molecule has 1 aliphatic rings. The molecule has 0 aromatic heterocycles. The van der Waals surface area contributed by atoms with Crippen LogP contribution >= 0.6 is 27.7 Å². The number of rotatable bonds is 6. The van der Waals surface area contributed by atoms with Gasteiger partial charge in [0.2, 0.25) is 0 Å². The van der Waals surface area contributed by atoms with Crippen LogP contribution in [0.15, 0.2) is 81.1 Å². The van der Waals surface area contributed by atoms with E-state index in [0.717, 1.165) is 27.7 Å². The van der Waals surface area contributed by atoms with Gasteiger partial charge in [-0.25, -0.2) is 9.38 Å². The molecule has 1 heterocycles. The van der Waals surface area contributed by atoms with Gasteiger partial charge in [-0.1, -0.05) is 47.1 Å². The number of amides is 1. The standard InChI is InChI=1S/C25H20BrFN2O2S/c1-2-16-5-10-21(11-6-16)28-25-29-24(30)23(32-25)14-18-13-19(26)7-12-22(18)31-15-17-3-8-20(27)9-4-17/h3-14H,2,15H2,1H3,(H,28,29,30)/b23-14-. The lowest BCUT2D eigenvalue weighted by molar-refractivity contribution is -0.115. The molecule has 3 aromatic carbocycles. The molecule has 1 saturated heterocycles. The van der Waals surface area contributed by atoms with Gasteiger partial charge in [0.05, 0.1) is 10.6 Å². The third kappa shape index (κ3) is 5.66. The van der Waals surface area contributed by atoms with Crippen LogP contribution in [0.2, 0.25) is 0 Å². The number of hydrogen-bond donors (Lipinski definition) is 1. The lowest BCUT2D eigenvalue weighted by Gasteiger charge is -2.10. The van der Waals surface area contributed by atoms with E-state index in [-0.39, 0.29) is 18.3 Å². The van der Waals surface area contributed by atoms with Crippen molar-refractivity contribution in [2.24, 2.45) is 4.99 Å². The van der Waals surface area contributed by atoms with Crippen molar-refractivity contribution in [1.82, 2.24) is 5.32 Å². The average Bonchev–Trinajstić information content (AvgIpc) is 3.13.